The summed E-state index contributed by atoms with van der Waals surface area (Å²) in [5.74, 6) is -0.996. The predicted octanol–water partition coefficient (Wildman–Crippen LogP) is 4.14. The molecule has 2 aromatic rings. The molecule has 2 rings (SSSR count). The van der Waals surface area contributed by atoms with Crippen molar-refractivity contribution >= 4 is 35.0 Å². The summed E-state index contributed by atoms with van der Waals surface area (Å²) in [5.41, 5.74) is 6.11. The number of carbonyl (C=O) groups is 1. The van der Waals surface area contributed by atoms with Crippen molar-refractivity contribution in [3.05, 3.63) is 39.6 Å². The maximum absolute atomic E-state index is 14.2. The Morgan fingerprint density at radius 2 is 2.10 bits per heavy atom. The van der Waals surface area contributed by atoms with Gasteiger partial charge in [-0.15, -0.1) is 0 Å². The monoisotopic (exact) mass is 330 g/mol. The largest absolute Gasteiger partial charge is 0.512 e. The molecule has 0 bridgehead atoms. The number of carboxylic acid groups (broad SMARTS) is 1. The normalized spacial score (nSPS) is 10.5. The van der Waals surface area contributed by atoms with Gasteiger partial charge < -0.3 is 15.6 Å². The molecule has 0 aliphatic rings. The second-order valence-electron chi connectivity index (χ2n) is 4.12. The Morgan fingerprint density at radius 1 is 1.43 bits per heavy atom. The highest BCUT2D eigenvalue weighted by Gasteiger charge is 2.17. The fourth-order valence-corrected chi connectivity index (χ4v) is 1.95. The van der Waals surface area contributed by atoms with Crippen LogP contribution in [0, 0.1) is 12.7 Å². The Hall–Kier alpha value is -2.05. The molecule has 21 heavy (non-hydrogen) atoms. The number of nitrogens with zero attached hydrogens (tertiary/aromatic N) is 1. The van der Waals surface area contributed by atoms with Crippen LogP contribution in [-0.2, 0) is 0 Å². The number of nitrogens with two attached hydrogens (primary N) is 1. The summed E-state index contributed by atoms with van der Waals surface area (Å²) in [7, 11) is 0. The SMILES string of the molecule is Cc1c(Cl)ccc(-c2cc(N)c(Cl)c(OC(=O)O)n2)c1F. The van der Waals surface area contributed by atoms with Crippen molar-refractivity contribution in [1.82, 2.24) is 4.98 Å². The maximum Gasteiger partial charge on any atom is 0.512 e. The van der Waals surface area contributed by atoms with Crippen LogP contribution in [-0.4, -0.2) is 16.2 Å². The number of rotatable bonds is 2. The highest BCUT2D eigenvalue weighted by molar-refractivity contribution is 6.34. The van der Waals surface area contributed by atoms with Gasteiger partial charge in [0.1, 0.15) is 10.8 Å². The number of hydrogen-bond acceptors (Lipinski definition) is 4. The average molecular weight is 331 g/mol. The van der Waals surface area contributed by atoms with Crippen LogP contribution in [0.1, 0.15) is 5.56 Å². The summed E-state index contributed by atoms with van der Waals surface area (Å²) in [4.78, 5) is 14.5. The summed E-state index contributed by atoms with van der Waals surface area (Å²) in [6.07, 6.45) is -1.60. The molecule has 0 atom stereocenters. The van der Waals surface area contributed by atoms with Crippen molar-refractivity contribution < 1.29 is 19.0 Å². The van der Waals surface area contributed by atoms with E-state index in [2.05, 4.69) is 9.72 Å². The van der Waals surface area contributed by atoms with Gasteiger partial charge in [0.05, 0.1) is 11.4 Å². The van der Waals surface area contributed by atoms with E-state index in [1.54, 1.807) is 0 Å². The van der Waals surface area contributed by atoms with Crippen molar-refractivity contribution in [1.29, 1.82) is 0 Å². The Kier molecular flexibility index (Phi) is 4.20. The lowest BCUT2D eigenvalue weighted by Crippen LogP contribution is -2.07. The molecule has 110 valence electrons. The standard InChI is InChI=1S/C13H9Cl2FN2O3/c1-5-7(14)3-2-6(11(5)16)9-4-8(17)10(15)12(18-9)21-13(19)20/h2-4H,1H3,(H2,17,18)(H,19,20). The van der Waals surface area contributed by atoms with Crippen LogP contribution in [0.3, 0.4) is 0 Å². The van der Waals surface area contributed by atoms with Crippen molar-refractivity contribution in [2.75, 3.05) is 5.73 Å². The molecule has 0 fully saturated rings. The first-order chi connectivity index (χ1) is 9.81. The van der Waals surface area contributed by atoms with Gasteiger partial charge in [-0.05, 0) is 25.1 Å². The van der Waals surface area contributed by atoms with Crippen LogP contribution in [0.15, 0.2) is 18.2 Å². The third-order valence-corrected chi connectivity index (χ3v) is 3.52. The second-order valence-corrected chi connectivity index (χ2v) is 4.90. The van der Waals surface area contributed by atoms with Gasteiger partial charge in [0.25, 0.3) is 0 Å². The van der Waals surface area contributed by atoms with E-state index >= 15 is 0 Å². The van der Waals surface area contributed by atoms with Crippen LogP contribution in [0.5, 0.6) is 5.88 Å². The molecule has 0 unspecified atom stereocenters. The van der Waals surface area contributed by atoms with E-state index in [0.29, 0.717) is 0 Å². The third-order valence-electron chi connectivity index (χ3n) is 2.74. The van der Waals surface area contributed by atoms with Gasteiger partial charge in [-0.25, -0.2) is 14.2 Å². The zero-order valence-electron chi connectivity index (χ0n) is 10.7. The van der Waals surface area contributed by atoms with Crippen molar-refractivity contribution in [2.45, 2.75) is 6.92 Å². The lowest BCUT2D eigenvalue weighted by atomic mass is 10.1. The summed E-state index contributed by atoms with van der Waals surface area (Å²) in [5, 5.41) is 8.73. The molecule has 0 amide bonds. The van der Waals surface area contributed by atoms with Gasteiger partial charge in [-0.3, -0.25) is 0 Å². The number of pyridine rings is 1. The number of hydrogen-bond donors (Lipinski definition) is 2. The lowest BCUT2D eigenvalue weighted by Gasteiger charge is -2.10. The summed E-state index contributed by atoms with van der Waals surface area (Å²) < 4.78 is 18.6. The van der Waals surface area contributed by atoms with E-state index < -0.39 is 17.9 Å². The second kappa shape index (κ2) is 5.75. The fourth-order valence-electron chi connectivity index (χ4n) is 1.67. The van der Waals surface area contributed by atoms with Gasteiger partial charge in [0.2, 0.25) is 5.88 Å². The maximum atomic E-state index is 14.2. The van der Waals surface area contributed by atoms with Crippen LogP contribution in [0.4, 0.5) is 14.9 Å². The molecular formula is C13H9Cl2FN2O3. The highest BCUT2D eigenvalue weighted by atomic mass is 35.5. The summed E-state index contributed by atoms with van der Waals surface area (Å²) in [6.45, 7) is 1.51. The van der Waals surface area contributed by atoms with Crippen LogP contribution >= 0.6 is 23.2 Å². The van der Waals surface area contributed by atoms with Crippen molar-refractivity contribution in [3.8, 4) is 17.1 Å². The molecule has 3 N–H and O–H groups in total. The number of halogens is 3. The topological polar surface area (TPSA) is 85.4 Å². The molecule has 0 saturated heterocycles. The average Bonchev–Trinajstić information content (AvgIpc) is 2.41. The first kappa shape index (κ1) is 15.3. The van der Waals surface area contributed by atoms with E-state index in [1.807, 2.05) is 0 Å². The van der Waals surface area contributed by atoms with E-state index in [0.717, 1.165) is 0 Å². The molecular weight excluding hydrogens is 322 g/mol. The van der Waals surface area contributed by atoms with Gasteiger partial charge in [0.15, 0.2) is 0 Å². The predicted molar refractivity (Wildman–Crippen MR) is 77.5 cm³/mol. The molecule has 0 saturated carbocycles. The zero-order chi connectivity index (χ0) is 15.7. The molecule has 0 aliphatic carbocycles. The molecule has 1 heterocycles. The quantitative estimate of drug-likeness (QED) is 0.808. The van der Waals surface area contributed by atoms with Gasteiger partial charge in [-0.1, -0.05) is 23.2 Å². The van der Waals surface area contributed by atoms with Crippen molar-refractivity contribution in [2.24, 2.45) is 0 Å². The Morgan fingerprint density at radius 3 is 2.71 bits per heavy atom. The van der Waals surface area contributed by atoms with Crippen molar-refractivity contribution in [3.63, 3.8) is 0 Å². The smallest absolute Gasteiger partial charge is 0.449 e. The summed E-state index contributed by atoms with van der Waals surface area (Å²) in [6, 6.07) is 4.23. The number of nitrogen functional groups attached to an aromatic ring is 1. The van der Waals surface area contributed by atoms with E-state index in [9.17, 15) is 9.18 Å². The number of anilines is 1. The van der Waals surface area contributed by atoms with Crippen LogP contribution in [0.2, 0.25) is 10.0 Å². The van der Waals surface area contributed by atoms with Crippen LogP contribution < -0.4 is 10.5 Å². The first-order valence-corrected chi connectivity index (χ1v) is 6.38. The van der Waals surface area contributed by atoms with Gasteiger partial charge in [0, 0.05) is 16.1 Å². The number of benzene rings is 1. The van der Waals surface area contributed by atoms with E-state index in [-0.39, 0.29) is 32.6 Å². The first-order valence-electron chi connectivity index (χ1n) is 5.63. The minimum absolute atomic E-state index is 0.0184. The Balaban J connectivity index is 2.62. The number of ether oxygens (including phenoxy) is 1. The molecule has 0 spiro atoms. The Bertz CT molecular complexity index is 738. The van der Waals surface area contributed by atoms with E-state index in [1.165, 1.54) is 25.1 Å². The summed E-state index contributed by atoms with van der Waals surface area (Å²) >= 11 is 11.6. The molecule has 1 aromatic heterocycles. The highest BCUT2D eigenvalue weighted by Crippen LogP contribution is 2.35. The Labute approximate surface area is 129 Å². The number of aromatic nitrogens is 1. The fraction of sp³-hybridized carbons (Fsp3) is 0.0769. The third kappa shape index (κ3) is 3.01. The lowest BCUT2D eigenvalue weighted by molar-refractivity contribution is 0.142. The molecule has 0 radical (unpaired) electrons. The molecule has 5 nitrogen and oxygen atoms in total. The molecule has 8 heteroatoms. The molecule has 0 aliphatic heterocycles. The van der Waals surface area contributed by atoms with E-state index in [4.69, 9.17) is 34.0 Å². The van der Waals surface area contributed by atoms with Gasteiger partial charge >= 0.3 is 6.16 Å². The minimum atomic E-state index is -1.60. The zero-order valence-corrected chi connectivity index (χ0v) is 12.2. The van der Waals surface area contributed by atoms with Gasteiger partial charge in [-0.2, -0.15) is 0 Å². The molecule has 1 aromatic carbocycles. The minimum Gasteiger partial charge on any atom is -0.449 e. The van der Waals surface area contributed by atoms with Crippen LogP contribution in [0.25, 0.3) is 11.3 Å².